The van der Waals surface area contributed by atoms with Gasteiger partial charge in [0.2, 0.25) is 5.95 Å². The van der Waals surface area contributed by atoms with Crippen molar-refractivity contribution in [2.75, 3.05) is 11.9 Å². The Hall–Kier alpha value is -2.60. The maximum absolute atomic E-state index is 12.9. The number of rotatable bonds is 4. The van der Waals surface area contributed by atoms with E-state index >= 15 is 0 Å². The maximum Gasteiger partial charge on any atom is 0.253 e. The number of imidazole rings is 1. The lowest BCUT2D eigenvalue weighted by Crippen LogP contribution is -2.06. The molecule has 7 heteroatoms. The molecule has 4 aromatic rings. The molecule has 0 aliphatic carbocycles. The first kappa shape index (κ1) is 14.0. The molecule has 0 aliphatic heterocycles. The molecule has 2 N–H and O–H groups in total. The Balaban J connectivity index is 1.50. The average Bonchev–Trinajstić information content (AvgIpc) is 3.06. The topological polar surface area (TPSA) is 58.0 Å². The van der Waals surface area contributed by atoms with E-state index in [0.717, 1.165) is 23.0 Å². The summed E-state index contributed by atoms with van der Waals surface area (Å²) in [5, 5.41) is 7.02. The number of hydrogen-bond donors (Lipinski definition) is 2. The fourth-order valence-corrected chi connectivity index (χ4v) is 2.68. The van der Waals surface area contributed by atoms with E-state index in [4.69, 9.17) is 11.6 Å². The van der Waals surface area contributed by atoms with Gasteiger partial charge in [0.05, 0.1) is 11.0 Å². The van der Waals surface area contributed by atoms with Gasteiger partial charge in [0.25, 0.3) is 5.78 Å². The van der Waals surface area contributed by atoms with Crippen LogP contribution in [-0.2, 0) is 6.42 Å². The minimum Gasteiger partial charge on any atom is -0.354 e. The molecule has 0 atom stereocenters. The summed E-state index contributed by atoms with van der Waals surface area (Å²) < 4.78 is 14.7. The van der Waals surface area contributed by atoms with Gasteiger partial charge in [-0.15, -0.1) is 0 Å². The summed E-state index contributed by atoms with van der Waals surface area (Å²) in [5.74, 6) is 1.01. The van der Waals surface area contributed by atoms with Crippen LogP contribution in [0.1, 0.15) is 5.56 Å². The van der Waals surface area contributed by atoms with Gasteiger partial charge in [-0.2, -0.15) is 4.98 Å². The molecule has 0 unspecified atom stereocenters. The molecule has 0 radical (unpaired) electrons. The molecule has 5 nitrogen and oxygen atoms in total. The van der Waals surface area contributed by atoms with Gasteiger partial charge < -0.3 is 5.32 Å². The van der Waals surface area contributed by atoms with E-state index in [1.165, 1.54) is 12.1 Å². The number of fused-ring (bicyclic) bond motifs is 3. The standard InChI is InChI=1S/C16H13ClFN5/c17-11-3-6-14-13(9-11)20-16-21-15(22-23(14)16)19-8-7-10-1-4-12(18)5-2-10/h1-6,9H,7-8H2,(H2,19,20,21,22). The lowest BCUT2D eigenvalue weighted by Gasteiger charge is -2.03. The molecule has 23 heavy (non-hydrogen) atoms. The van der Waals surface area contributed by atoms with Crippen molar-refractivity contribution >= 4 is 34.4 Å². The Morgan fingerprint density at radius 2 is 1.96 bits per heavy atom. The maximum atomic E-state index is 12.9. The van der Waals surface area contributed by atoms with Crippen LogP contribution >= 0.6 is 11.6 Å². The molecule has 0 saturated heterocycles. The molecule has 0 spiro atoms. The zero-order valence-corrected chi connectivity index (χ0v) is 12.8. The number of halogens is 2. The van der Waals surface area contributed by atoms with Crippen LogP contribution in [0.3, 0.4) is 0 Å². The van der Waals surface area contributed by atoms with Crippen molar-refractivity contribution in [3.05, 3.63) is 58.9 Å². The van der Waals surface area contributed by atoms with Crippen LogP contribution < -0.4 is 5.32 Å². The smallest absolute Gasteiger partial charge is 0.253 e. The Kier molecular flexibility index (Phi) is 3.38. The van der Waals surface area contributed by atoms with E-state index in [9.17, 15) is 4.39 Å². The molecule has 2 aromatic heterocycles. The van der Waals surface area contributed by atoms with E-state index < -0.39 is 0 Å². The molecule has 0 aliphatic rings. The van der Waals surface area contributed by atoms with Gasteiger partial charge in [0.1, 0.15) is 5.82 Å². The molecular weight excluding hydrogens is 317 g/mol. The van der Waals surface area contributed by atoms with Crippen LogP contribution in [0.15, 0.2) is 42.5 Å². The minimum absolute atomic E-state index is 0.221. The van der Waals surface area contributed by atoms with E-state index in [1.54, 1.807) is 18.2 Å². The summed E-state index contributed by atoms with van der Waals surface area (Å²) in [6, 6.07) is 12.0. The van der Waals surface area contributed by atoms with Gasteiger partial charge in [-0.25, -0.2) is 13.9 Å². The van der Waals surface area contributed by atoms with Crippen LogP contribution in [0.25, 0.3) is 16.8 Å². The van der Waals surface area contributed by atoms with Crippen molar-refractivity contribution < 1.29 is 4.39 Å². The Bertz CT molecular complexity index is 973. The third-order valence-corrected chi connectivity index (χ3v) is 3.88. The summed E-state index contributed by atoms with van der Waals surface area (Å²) in [7, 11) is 0. The molecule has 0 amide bonds. The van der Waals surface area contributed by atoms with Gasteiger partial charge in [-0.05, 0) is 42.3 Å². The third-order valence-electron chi connectivity index (χ3n) is 3.65. The second-order valence-electron chi connectivity index (χ2n) is 5.26. The minimum atomic E-state index is -0.221. The van der Waals surface area contributed by atoms with Crippen molar-refractivity contribution in [2.45, 2.75) is 6.42 Å². The highest BCUT2D eigenvalue weighted by Crippen LogP contribution is 2.20. The van der Waals surface area contributed by atoms with Gasteiger partial charge in [0.15, 0.2) is 0 Å². The van der Waals surface area contributed by atoms with E-state index in [-0.39, 0.29) is 5.82 Å². The fraction of sp³-hybridized carbons (Fsp3) is 0.125. The number of nitrogens with one attached hydrogen (secondary N) is 2. The first-order chi connectivity index (χ1) is 11.2. The Labute approximate surface area is 136 Å². The van der Waals surface area contributed by atoms with Crippen LogP contribution in [0.5, 0.6) is 0 Å². The fourth-order valence-electron chi connectivity index (χ4n) is 2.51. The zero-order chi connectivity index (χ0) is 15.8. The third kappa shape index (κ3) is 2.73. The Morgan fingerprint density at radius 1 is 1.13 bits per heavy atom. The van der Waals surface area contributed by atoms with Crippen molar-refractivity contribution in [1.82, 2.24) is 19.6 Å². The van der Waals surface area contributed by atoms with Crippen molar-refractivity contribution in [3.63, 3.8) is 0 Å². The molecule has 0 saturated carbocycles. The van der Waals surface area contributed by atoms with Crippen LogP contribution in [0.4, 0.5) is 10.3 Å². The molecule has 0 bridgehead atoms. The summed E-state index contributed by atoms with van der Waals surface area (Å²) in [6.45, 7) is 0.687. The summed E-state index contributed by atoms with van der Waals surface area (Å²) in [5.41, 5.74) is 2.79. The quantitative estimate of drug-likeness (QED) is 0.600. The highest BCUT2D eigenvalue weighted by atomic mass is 35.5. The number of aromatic nitrogens is 4. The van der Waals surface area contributed by atoms with E-state index in [2.05, 4.69) is 20.4 Å². The number of aromatic amines is 1. The van der Waals surface area contributed by atoms with Gasteiger partial charge >= 0.3 is 0 Å². The van der Waals surface area contributed by atoms with E-state index in [1.807, 2.05) is 16.6 Å². The van der Waals surface area contributed by atoms with E-state index in [0.29, 0.717) is 23.3 Å². The Morgan fingerprint density at radius 3 is 2.78 bits per heavy atom. The molecule has 2 heterocycles. The second kappa shape index (κ2) is 5.55. The first-order valence-corrected chi connectivity index (χ1v) is 7.59. The van der Waals surface area contributed by atoms with Crippen LogP contribution in [-0.4, -0.2) is 26.1 Å². The molecular formula is C16H13ClFN5. The highest BCUT2D eigenvalue weighted by Gasteiger charge is 2.09. The average molecular weight is 330 g/mol. The number of hydrogen-bond acceptors (Lipinski definition) is 3. The van der Waals surface area contributed by atoms with Gasteiger partial charge in [-0.1, -0.05) is 23.7 Å². The first-order valence-electron chi connectivity index (χ1n) is 7.21. The predicted octanol–water partition coefficient (Wildman–Crippen LogP) is 3.66. The second-order valence-corrected chi connectivity index (χ2v) is 5.69. The normalized spacial score (nSPS) is 11.4. The van der Waals surface area contributed by atoms with Crippen molar-refractivity contribution in [1.29, 1.82) is 0 Å². The molecule has 2 aromatic carbocycles. The number of nitrogens with zero attached hydrogens (tertiary/aromatic N) is 3. The SMILES string of the molecule is Fc1ccc(CCNc2nc3nc4cc(Cl)ccc4n3[nH]2)cc1. The van der Waals surface area contributed by atoms with Crippen LogP contribution in [0, 0.1) is 5.82 Å². The number of H-pyrrole nitrogens is 1. The summed E-state index contributed by atoms with van der Waals surface area (Å²) in [6.07, 6.45) is 0.777. The predicted molar refractivity (Wildman–Crippen MR) is 88.4 cm³/mol. The lowest BCUT2D eigenvalue weighted by molar-refractivity contribution is 0.627. The lowest BCUT2D eigenvalue weighted by atomic mass is 10.1. The summed E-state index contributed by atoms with van der Waals surface area (Å²) in [4.78, 5) is 8.83. The molecule has 0 fully saturated rings. The number of benzene rings is 2. The molecule has 4 rings (SSSR count). The zero-order valence-electron chi connectivity index (χ0n) is 12.1. The van der Waals surface area contributed by atoms with Crippen molar-refractivity contribution in [3.8, 4) is 0 Å². The number of anilines is 1. The van der Waals surface area contributed by atoms with Gasteiger partial charge in [-0.3, -0.25) is 5.10 Å². The van der Waals surface area contributed by atoms with Crippen LogP contribution in [0.2, 0.25) is 5.02 Å². The highest BCUT2D eigenvalue weighted by molar-refractivity contribution is 6.31. The largest absolute Gasteiger partial charge is 0.354 e. The van der Waals surface area contributed by atoms with Crippen molar-refractivity contribution in [2.24, 2.45) is 0 Å². The summed E-state index contributed by atoms with van der Waals surface area (Å²) >= 11 is 5.97. The van der Waals surface area contributed by atoms with Gasteiger partial charge in [0, 0.05) is 11.6 Å². The monoisotopic (exact) mass is 329 g/mol. The molecule has 116 valence electrons.